The summed E-state index contributed by atoms with van der Waals surface area (Å²) in [7, 11) is 0. The lowest BCUT2D eigenvalue weighted by molar-refractivity contribution is -0.114. The van der Waals surface area contributed by atoms with Gasteiger partial charge in [0.15, 0.2) is 0 Å². The average Bonchev–Trinajstić information content (AvgIpc) is 3.31. The van der Waals surface area contributed by atoms with Crippen molar-refractivity contribution in [1.29, 1.82) is 0 Å². The lowest BCUT2D eigenvalue weighted by Gasteiger charge is -2.14. The molecule has 0 unspecified atom stereocenters. The van der Waals surface area contributed by atoms with Crippen molar-refractivity contribution in [2.75, 3.05) is 18.5 Å². The first kappa shape index (κ1) is 19.6. The molecule has 150 valence electrons. The molecule has 4 aromatic rings. The monoisotopic (exact) mass is 428 g/mol. The fourth-order valence-electron chi connectivity index (χ4n) is 2.97. The Bertz CT molecular complexity index is 1150. The van der Waals surface area contributed by atoms with Gasteiger partial charge in [-0.25, -0.2) is 4.98 Å². The Morgan fingerprint density at radius 1 is 1.21 bits per heavy atom. The first-order valence-electron chi connectivity index (χ1n) is 9.08. The maximum atomic E-state index is 11.0. The molecule has 8 heteroatoms. The maximum absolute atomic E-state index is 11.0. The highest BCUT2D eigenvalue weighted by Gasteiger charge is 2.14. The number of fused-ring (bicyclic) bond motifs is 3. The molecule has 2 N–H and O–H groups in total. The van der Waals surface area contributed by atoms with E-state index in [1.807, 2.05) is 24.4 Å². The summed E-state index contributed by atoms with van der Waals surface area (Å²) in [6.07, 6.45) is -0.780. The van der Waals surface area contributed by atoms with Crippen LogP contribution in [0.4, 0.5) is 5.69 Å². The predicted octanol–water partition coefficient (Wildman–Crippen LogP) is 4.60. The van der Waals surface area contributed by atoms with E-state index in [1.54, 1.807) is 46.9 Å². The number of carbonyl (C=O) groups excluding carboxylic acids is 1. The molecular formula is C21H20N2O4S2. The van der Waals surface area contributed by atoms with Crippen molar-refractivity contribution >= 4 is 54.6 Å². The van der Waals surface area contributed by atoms with Crippen LogP contribution in [0, 0.1) is 6.92 Å². The third kappa shape index (κ3) is 4.50. The van der Waals surface area contributed by atoms with Crippen LogP contribution in [0.2, 0.25) is 0 Å². The van der Waals surface area contributed by atoms with Crippen molar-refractivity contribution < 1.29 is 19.4 Å². The predicted molar refractivity (Wildman–Crippen MR) is 117 cm³/mol. The van der Waals surface area contributed by atoms with Crippen molar-refractivity contribution in [2.24, 2.45) is 0 Å². The summed E-state index contributed by atoms with van der Waals surface area (Å²) < 4.78 is 13.7. The van der Waals surface area contributed by atoms with E-state index in [2.05, 4.69) is 10.3 Å². The number of ether oxygens (including phenoxy) is 2. The van der Waals surface area contributed by atoms with Gasteiger partial charge in [-0.2, -0.15) is 0 Å². The zero-order valence-corrected chi connectivity index (χ0v) is 17.6. The third-order valence-corrected chi connectivity index (χ3v) is 6.06. The molecular weight excluding hydrogens is 408 g/mol. The van der Waals surface area contributed by atoms with Gasteiger partial charge in [0.2, 0.25) is 5.91 Å². The Hall–Kier alpha value is -2.68. The number of aryl methyl sites for hydroxylation is 1. The summed E-state index contributed by atoms with van der Waals surface area (Å²) in [4.78, 5) is 15.7. The van der Waals surface area contributed by atoms with Gasteiger partial charge in [0.25, 0.3) is 0 Å². The molecule has 29 heavy (non-hydrogen) atoms. The number of aromatic nitrogens is 1. The summed E-state index contributed by atoms with van der Waals surface area (Å²) >= 11 is 3.27. The van der Waals surface area contributed by atoms with Gasteiger partial charge < -0.3 is 19.9 Å². The van der Waals surface area contributed by atoms with Gasteiger partial charge in [-0.05, 0) is 42.6 Å². The summed E-state index contributed by atoms with van der Waals surface area (Å²) in [6.45, 7) is 3.68. The topological polar surface area (TPSA) is 80.7 Å². The van der Waals surface area contributed by atoms with Gasteiger partial charge in [0.1, 0.15) is 30.8 Å². The summed E-state index contributed by atoms with van der Waals surface area (Å²) in [5.74, 6) is 1.23. The molecule has 0 bridgehead atoms. The average molecular weight is 429 g/mol. The number of thiazole rings is 1. The van der Waals surface area contributed by atoms with Crippen LogP contribution in [0.5, 0.6) is 11.5 Å². The Morgan fingerprint density at radius 2 is 1.97 bits per heavy atom. The van der Waals surface area contributed by atoms with Gasteiger partial charge in [0, 0.05) is 24.1 Å². The second kappa shape index (κ2) is 8.36. The molecule has 1 atom stereocenters. The fourth-order valence-corrected chi connectivity index (χ4v) is 4.80. The maximum Gasteiger partial charge on any atom is 0.221 e. The van der Waals surface area contributed by atoms with Crippen LogP contribution < -0.4 is 14.8 Å². The second-order valence-electron chi connectivity index (χ2n) is 6.60. The number of nitrogens with one attached hydrogen (secondary N) is 1. The van der Waals surface area contributed by atoms with Gasteiger partial charge >= 0.3 is 0 Å². The molecule has 0 radical (unpaired) electrons. The first-order chi connectivity index (χ1) is 14.0. The minimum Gasteiger partial charge on any atom is -0.491 e. The van der Waals surface area contributed by atoms with Crippen LogP contribution in [-0.2, 0) is 4.79 Å². The quantitative estimate of drug-likeness (QED) is 0.450. The highest BCUT2D eigenvalue weighted by molar-refractivity contribution is 7.21. The van der Waals surface area contributed by atoms with E-state index in [1.165, 1.54) is 6.92 Å². The summed E-state index contributed by atoms with van der Waals surface area (Å²) in [6, 6.07) is 11.0. The Labute approximate surface area is 175 Å². The Balaban J connectivity index is 1.37. The minimum atomic E-state index is -0.780. The number of anilines is 1. The molecule has 2 aromatic carbocycles. The SMILES string of the molecule is CC(=O)Nc1ccc(OC[C@@H](O)COc2cc3sc(C)nc3c3sccc23)cc1. The number of hydrogen-bond acceptors (Lipinski definition) is 7. The molecule has 0 aliphatic rings. The van der Waals surface area contributed by atoms with Crippen molar-refractivity contribution in [1.82, 2.24) is 4.98 Å². The molecule has 2 aromatic heterocycles. The van der Waals surface area contributed by atoms with Gasteiger partial charge in [-0.15, -0.1) is 22.7 Å². The molecule has 6 nitrogen and oxygen atoms in total. The zero-order valence-electron chi connectivity index (χ0n) is 16.0. The fraction of sp³-hybridized carbons (Fsp3) is 0.238. The Kier molecular flexibility index (Phi) is 5.66. The number of hydrogen-bond donors (Lipinski definition) is 2. The molecule has 0 saturated heterocycles. The molecule has 0 fully saturated rings. The Morgan fingerprint density at radius 3 is 2.72 bits per heavy atom. The normalized spacial score (nSPS) is 12.2. The number of rotatable bonds is 7. The number of carbonyl (C=O) groups is 1. The van der Waals surface area contributed by atoms with E-state index < -0.39 is 6.10 Å². The molecule has 1 amide bonds. The van der Waals surface area contributed by atoms with E-state index in [0.29, 0.717) is 11.4 Å². The van der Waals surface area contributed by atoms with E-state index in [4.69, 9.17) is 9.47 Å². The molecule has 2 heterocycles. The lowest BCUT2D eigenvalue weighted by Crippen LogP contribution is -2.25. The summed E-state index contributed by atoms with van der Waals surface area (Å²) in [5.41, 5.74) is 1.71. The molecule has 0 spiro atoms. The zero-order chi connectivity index (χ0) is 20.4. The number of amides is 1. The van der Waals surface area contributed by atoms with E-state index in [-0.39, 0.29) is 19.1 Å². The van der Waals surface area contributed by atoms with E-state index in [0.717, 1.165) is 31.1 Å². The first-order valence-corrected chi connectivity index (χ1v) is 10.8. The van der Waals surface area contributed by atoms with Crippen molar-refractivity contribution in [2.45, 2.75) is 20.0 Å². The van der Waals surface area contributed by atoms with Gasteiger partial charge in [-0.3, -0.25) is 4.79 Å². The van der Waals surface area contributed by atoms with Crippen molar-refractivity contribution in [3.63, 3.8) is 0 Å². The highest BCUT2D eigenvalue weighted by atomic mass is 32.1. The van der Waals surface area contributed by atoms with Crippen LogP contribution in [0.1, 0.15) is 11.9 Å². The van der Waals surface area contributed by atoms with Crippen LogP contribution in [0.3, 0.4) is 0 Å². The van der Waals surface area contributed by atoms with Crippen LogP contribution >= 0.6 is 22.7 Å². The highest BCUT2D eigenvalue weighted by Crippen LogP contribution is 2.38. The third-order valence-electron chi connectivity index (χ3n) is 4.22. The van der Waals surface area contributed by atoms with Gasteiger partial charge in [0.05, 0.1) is 19.9 Å². The van der Waals surface area contributed by atoms with Crippen LogP contribution in [-0.4, -0.2) is 35.3 Å². The van der Waals surface area contributed by atoms with Crippen molar-refractivity contribution in [3.8, 4) is 11.5 Å². The smallest absolute Gasteiger partial charge is 0.221 e. The largest absolute Gasteiger partial charge is 0.491 e. The second-order valence-corrected chi connectivity index (χ2v) is 8.75. The lowest BCUT2D eigenvalue weighted by atomic mass is 10.2. The number of benzene rings is 2. The minimum absolute atomic E-state index is 0.105. The molecule has 0 aliphatic heterocycles. The number of aliphatic hydroxyl groups excluding tert-OH is 1. The molecule has 4 rings (SSSR count). The van der Waals surface area contributed by atoms with Crippen LogP contribution in [0.25, 0.3) is 20.3 Å². The van der Waals surface area contributed by atoms with Crippen LogP contribution in [0.15, 0.2) is 41.8 Å². The number of nitrogens with zero attached hydrogens (tertiary/aromatic N) is 1. The molecule has 0 saturated carbocycles. The van der Waals surface area contributed by atoms with E-state index in [9.17, 15) is 9.90 Å². The number of thiophene rings is 1. The standard InChI is InChI=1S/C21H20N2O4S2/c1-12(24)22-14-3-5-16(6-4-14)26-10-15(25)11-27-18-9-19-20(23-13(2)29-19)21-17(18)7-8-28-21/h3-9,15,25H,10-11H2,1-2H3,(H,22,24)/t15-/m1/s1. The van der Waals surface area contributed by atoms with E-state index >= 15 is 0 Å². The summed E-state index contributed by atoms with van der Waals surface area (Å²) in [5, 5.41) is 17.0. The van der Waals surface area contributed by atoms with Crippen molar-refractivity contribution in [3.05, 3.63) is 46.8 Å². The number of aliphatic hydroxyl groups is 1. The van der Waals surface area contributed by atoms with Gasteiger partial charge in [-0.1, -0.05) is 0 Å². The molecule has 0 aliphatic carbocycles.